The number of aliphatic hydroxyl groups excluding tert-OH is 1. The smallest absolute Gasteiger partial charge is 0.398 e. The summed E-state index contributed by atoms with van der Waals surface area (Å²) in [5.41, 5.74) is -0.561. The van der Waals surface area contributed by atoms with Gasteiger partial charge in [0.15, 0.2) is 0 Å². The fourth-order valence-electron chi connectivity index (χ4n) is 1.88. The summed E-state index contributed by atoms with van der Waals surface area (Å²) in [7, 11) is -1.01. The molecule has 4 nitrogen and oxygen atoms in total. The molecule has 0 saturated carbocycles. The summed E-state index contributed by atoms with van der Waals surface area (Å²) in [6.45, 7) is 7.26. The predicted molar refractivity (Wildman–Crippen MR) is 83.4 cm³/mol. The Bertz CT molecular complexity index is 613. The van der Waals surface area contributed by atoms with E-state index in [1.54, 1.807) is 12.1 Å². The van der Waals surface area contributed by atoms with Crippen LogP contribution in [0.2, 0.25) is 0 Å². The molecule has 2 heterocycles. The van der Waals surface area contributed by atoms with E-state index >= 15 is 0 Å². The van der Waals surface area contributed by atoms with E-state index in [0.29, 0.717) is 11.3 Å². The van der Waals surface area contributed by atoms with E-state index in [0.717, 1.165) is 0 Å². The van der Waals surface area contributed by atoms with E-state index in [2.05, 4.69) is 16.8 Å². The van der Waals surface area contributed by atoms with Crippen molar-refractivity contribution in [2.24, 2.45) is 0 Å². The third-order valence-corrected chi connectivity index (χ3v) is 3.86. The standard InChI is InChI=1S/C16H19BFNO3/c1-15(2)16(3,4)22-17(21-15)14(18)10-12-7-8-13(19-11-12)6-5-9-20/h7-8,10-11,20H,9H2,1-4H3. The Kier molecular flexibility index (Phi) is 4.71. The molecule has 0 aromatic carbocycles. The highest BCUT2D eigenvalue weighted by Gasteiger charge is 2.53. The van der Waals surface area contributed by atoms with Crippen LogP contribution in [0.25, 0.3) is 6.08 Å². The fraction of sp³-hybridized carbons (Fsp3) is 0.438. The van der Waals surface area contributed by atoms with Gasteiger partial charge in [0.1, 0.15) is 18.0 Å². The van der Waals surface area contributed by atoms with Crippen LogP contribution in [0.15, 0.2) is 24.1 Å². The zero-order chi connectivity index (χ0) is 16.4. The average Bonchev–Trinajstić information content (AvgIpc) is 2.67. The largest absolute Gasteiger partial charge is 0.525 e. The number of rotatable bonds is 2. The Morgan fingerprint density at radius 3 is 2.45 bits per heavy atom. The van der Waals surface area contributed by atoms with Crippen LogP contribution in [-0.4, -0.2) is 35.0 Å². The Morgan fingerprint density at radius 1 is 1.32 bits per heavy atom. The topological polar surface area (TPSA) is 51.6 Å². The number of pyridine rings is 1. The van der Waals surface area contributed by atoms with Crippen molar-refractivity contribution < 1.29 is 18.8 Å². The summed E-state index contributed by atoms with van der Waals surface area (Å²) in [5.74, 6) is 5.18. The van der Waals surface area contributed by atoms with Gasteiger partial charge in [0.2, 0.25) is 0 Å². The van der Waals surface area contributed by atoms with Gasteiger partial charge >= 0.3 is 7.12 Å². The van der Waals surface area contributed by atoms with Gasteiger partial charge < -0.3 is 14.4 Å². The predicted octanol–water partition coefficient (Wildman–Crippen LogP) is 2.37. The van der Waals surface area contributed by atoms with Crippen LogP contribution < -0.4 is 0 Å². The molecule has 1 aliphatic heterocycles. The molecule has 0 amide bonds. The van der Waals surface area contributed by atoms with Gasteiger partial charge in [0.05, 0.1) is 11.2 Å². The van der Waals surface area contributed by atoms with Crippen LogP contribution in [0.5, 0.6) is 0 Å². The van der Waals surface area contributed by atoms with E-state index in [4.69, 9.17) is 14.4 Å². The Hall–Kier alpha value is -1.68. The van der Waals surface area contributed by atoms with E-state index in [-0.39, 0.29) is 6.61 Å². The van der Waals surface area contributed by atoms with E-state index in [1.807, 2.05) is 27.7 Å². The van der Waals surface area contributed by atoms with Crippen molar-refractivity contribution >= 4 is 13.2 Å². The monoisotopic (exact) mass is 303 g/mol. The van der Waals surface area contributed by atoms with Gasteiger partial charge in [-0.25, -0.2) is 9.37 Å². The molecule has 1 aromatic rings. The third kappa shape index (κ3) is 3.56. The molecular weight excluding hydrogens is 284 g/mol. The minimum atomic E-state index is -1.01. The number of halogens is 1. The lowest BCUT2D eigenvalue weighted by Crippen LogP contribution is -2.41. The van der Waals surface area contributed by atoms with E-state index in [9.17, 15) is 4.39 Å². The molecule has 6 heteroatoms. The summed E-state index contributed by atoms with van der Waals surface area (Å²) < 4.78 is 25.6. The van der Waals surface area contributed by atoms with Gasteiger partial charge in [-0.05, 0) is 51.3 Å². The highest BCUT2D eigenvalue weighted by molar-refractivity contribution is 6.54. The maximum atomic E-state index is 14.3. The molecule has 1 aromatic heterocycles. The van der Waals surface area contributed by atoms with Crippen LogP contribution in [-0.2, 0) is 9.31 Å². The maximum Gasteiger partial charge on any atom is 0.525 e. The highest BCUT2D eigenvalue weighted by atomic mass is 19.1. The molecule has 0 unspecified atom stereocenters. The van der Waals surface area contributed by atoms with Gasteiger partial charge in [-0.15, -0.1) is 0 Å². The average molecular weight is 303 g/mol. The zero-order valence-corrected chi connectivity index (χ0v) is 13.2. The second kappa shape index (κ2) is 6.21. The van der Waals surface area contributed by atoms with Crippen LogP contribution in [0.3, 0.4) is 0 Å². The second-order valence-corrected chi connectivity index (χ2v) is 6.05. The first-order valence-corrected chi connectivity index (χ1v) is 7.04. The van der Waals surface area contributed by atoms with Crippen molar-refractivity contribution in [1.29, 1.82) is 0 Å². The molecule has 2 rings (SSSR count). The number of aliphatic hydroxyl groups is 1. The lowest BCUT2D eigenvalue weighted by atomic mass is 9.87. The third-order valence-electron chi connectivity index (χ3n) is 3.86. The molecule has 0 spiro atoms. The molecule has 22 heavy (non-hydrogen) atoms. The molecule has 1 fully saturated rings. The molecule has 1 aliphatic rings. The normalized spacial score (nSPS) is 19.7. The molecule has 1 saturated heterocycles. The lowest BCUT2D eigenvalue weighted by Gasteiger charge is -2.32. The summed E-state index contributed by atoms with van der Waals surface area (Å²) in [4.78, 5) is 4.08. The van der Waals surface area contributed by atoms with Crippen LogP contribution in [0.4, 0.5) is 4.39 Å². The molecule has 0 radical (unpaired) electrons. The second-order valence-electron chi connectivity index (χ2n) is 6.05. The van der Waals surface area contributed by atoms with E-state index in [1.165, 1.54) is 12.3 Å². The SMILES string of the molecule is CC1(C)OB(C(F)=Cc2ccc(C#CCO)nc2)OC1(C)C. The Balaban J connectivity index is 2.13. The van der Waals surface area contributed by atoms with Crippen LogP contribution in [0, 0.1) is 11.8 Å². The van der Waals surface area contributed by atoms with Gasteiger partial charge in [-0.2, -0.15) is 0 Å². The van der Waals surface area contributed by atoms with Crippen molar-refractivity contribution in [1.82, 2.24) is 4.98 Å². The minimum Gasteiger partial charge on any atom is -0.398 e. The first-order chi connectivity index (χ1) is 10.2. The Labute approximate surface area is 130 Å². The van der Waals surface area contributed by atoms with E-state index < -0.39 is 24.0 Å². The number of nitrogens with zero attached hydrogens (tertiary/aromatic N) is 1. The quantitative estimate of drug-likeness (QED) is 0.673. The van der Waals surface area contributed by atoms with Crippen molar-refractivity contribution in [2.45, 2.75) is 38.9 Å². The minimum absolute atomic E-state index is 0.222. The van der Waals surface area contributed by atoms with Gasteiger partial charge in [0, 0.05) is 6.20 Å². The van der Waals surface area contributed by atoms with Gasteiger partial charge in [-0.1, -0.05) is 12.0 Å². The molecule has 0 bridgehead atoms. The first-order valence-electron chi connectivity index (χ1n) is 7.04. The molecule has 0 aliphatic carbocycles. The lowest BCUT2D eigenvalue weighted by molar-refractivity contribution is 0.00578. The zero-order valence-electron chi connectivity index (χ0n) is 13.2. The Morgan fingerprint density at radius 2 is 1.95 bits per heavy atom. The van der Waals surface area contributed by atoms with Crippen LogP contribution >= 0.6 is 0 Å². The highest BCUT2D eigenvalue weighted by Crippen LogP contribution is 2.38. The first kappa shape index (κ1) is 16.7. The summed E-state index contributed by atoms with van der Waals surface area (Å²) in [6, 6.07) is 3.35. The molecule has 1 N–H and O–H groups in total. The summed E-state index contributed by atoms with van der Waals surface area (Å²) in [5, 5.41) is 8.62. The number of hydrogen-bond acceptors (Lipinski definition) is 4. The van der Waals surface area contributed by atoms with Crippen molar-refractivity contribution in [3.63, 3.8) is 0 Å². The van der Waals surface area contributed by atoms with Crippen molar-refractivity contribution in [2.75, 3.05) is 6.61 Å². The molecule has 0 atom stereocenters. The number of hydrogen-bond donors (Lipinski definition) is 1. The van der Waals surface area contributed by atoms with Crippen molar-refractivity contribution in [3.8, 4) is 11.8 Å². The fourth-order valence-corrected chi connectivity index (χ4v) is 1.88. The number of aromatic nitrogens is 1. The molecular formula is C16H19BFNO3. The van der Waals surface area contributed by atoms with Crippen LogP contribution in [0.1, 0.15) is 39.0 Å². The maximum absolute atomic E-state index is 14.3. The molecule has 116 valence electrons. The summed E-state index contributed by atoms with van der Waals surface area (Å²) in [6.07, 6.45) is 2.84. The van der Waals surface area contributed by atoms with Gasteiger partial charge in [0.25, 0.3) is 0 Å². The summed E-state index contributed by atoms with van der Waals surface area (Å²) >= 11 is 0. The van der Waals surface area contributed by atoms with Crippen molar-refractivity contribution in [3.05, 3.63) is 35.3 Å². The van der Waals surface area contributed by atoms with Gasteiger partial charge in [-0.3, -0.25) is 0 Å².